The number of rotatable bonds is 7. The van der Waals surface area contributed by atoms with E-state index in [0.29, 0.717) is 30.4 Å². The highest BCUT2D eigenvalue weighted by Gasteiger charge is 2.13. The van der Waals surface area contributed by atoms with Crippen molar-refractivity contribution >= 4 is 11.9 Å². The molecular formula is C19H24FN5O2. The molecular weight excluding hydrogens is 349 g/mol. The minimum Gasteiger partial charge on any atom is -0.379 e. The normalized spacial score (nSPS) is 14.7. The lowest BCUT2D eigenvalue weighted by atomic mass is 10.2. The molecule has 27 heavy (non-hydrogen) atoms. The van der Waals surface area contributed by atoms with Gasteiger partial charge in [0.05, 0.1) is 13.2 Å². The topological polar surface area (TPSA) is 79.4 Å². The molecule has 1 aromatic heterocycles. The summed E-state index contributed by atoms with van der Waals surface area (Å²) in [6.07, 6.45) is 0. The van der Waals surface area contributed by atoms with Crippen LogP contribution in [0.5, 0.6) is 0 Å². The van der Waals surface area contributed by atoms with Crippen LogP contribution < -0.4 is 10.6 Å². The van der Waals surface area contributed by atoms with Gasteiger partial charge in [-0.1, -0.05) is 12.1 Å². The number of ether oxygens (including phenoxy) is 1. The van der Waals surface area contributed by atoms with Crippen LogP contribution in [0, 0.1) is 12.7 Å². The zero-order chi connectivity index (χ0) is 19.1. The highest BCUT2D eigenvalue weighted by Crippen LogP contribution is 2.08. The third-order valence-electron chi connectivity index (χ3n) is 4.27. The van der Waals surface area contributed by atoms with Crippen LogP contribution in [0.2, 0.25) is 0 Å². The van der Waals surface area contributed by atoms with Crippen LogP contribution in [0.1, 0.15) is 21.7 Å². The van der Waals surface area contributed by atoms with Gasteiger partial charge in [0.15, 0.2) is 0 Å². The summed E-state index contributed by atoms with van der Waals surface area (Å²) in [5, 5.41) is 5.98. The van der Waals surface area contributed by atoms with Crippen molar-refractivity contribution in [2.45, 2.75) is 13.5 Å². The van der Waals surface area contributed by atoms with Gasteiger partial charge < -0.3 is 15.4 Å². The van der Waals surface area contributed by atoms with Crippen LogP contribution in [-0.2, 0) is 11.3 Å². The molecule has 1 aromatic carbocycles. The van der Waals surface area contributed by atoms with Gasteiger partial charge in [0, 0.05) is 38.4 Å². The highest BCUT2D eigenvalue weighted by atomic mass is 19.1. The number of aryl methyl sites for hydroxylation is 1. The van der Waals surface area contributed by atoms with E-state index in [4.69, 9.17) is 4.74 Å². The maximum absolute atomic E-state index is 13.0. The summed E-state index contributed by atoms with van der Waals surface area (Å²) in [6, 6.07) is 7.85. The molecule has 0 radical (unpaired) electrons. The molecule has 1 aliphatic rings. The number of carbonyl (C=O) groups excluding carboxylic acids is 1. The molecule has 0 aliphatic carbocycles. The van der Waals surface area contributed by atoms with E-state index >= 15 is 0 Å². The third kappa shape index (κ3) is 5.97. The molecule has 1 aliphatic heterocycles. The second-order valence-corrected chi connectivity index (χ2v) is 6.41. The van der Waals surface area contributed by atoms with Crippen molar-refractivity contribution in [2.24, 2.45) is 0 Å². The number of aromatic nitrogens is 2. The first kappa shape index (κ1) is 19.2. The molecule has 1 fully saturated rings. The Labute approximate surface area is 158 Å². The van der Waals surface area contributed by atoms with E-state index in [1.165, 1.54) is 12.1 Å². The first-order valence-electron chi connectivity index (χ1n) is 9.02. The van der Waals surface area contributed by atoms with Gasteiger partial charge >= 0.3 is 0 Å². The van der Waals surface area contributed by atoms with E-state index in [9.17, 15) is 9.18 Å². The van der Waals surface area contributed by atoms with Gasteiger partial charge in [-0.3, -0.25) is 9.69 Å². The maximum atomic E-state index is 13.0. The van der Waals surface area contributed by atoms with E-state index < -0.39 is 0 Å². The Hall–Kier alpha value is -2.58. The molecule has 0 unspecified atom stereocenters. The lowest BCUT2D eigenvalue weighted by Gasteiger charge is -2.26. The Morgan fingerprint density at radius 1 is 1.22 bits per heavy atom. The first-order chi connectivity index (χ1) is 13.1. The number of carbonyl (C=O) groups is 1. The van der Waals surface area contributed by atoms with Crippen molar-refractivity contribution in [3.63, 3.8) is 0 Å². The second-order valence-electron chi connectivity index (χ2n) is 6.41. The SMILES string of the molecule is Cc1cc(C(=O)NCCN2CCOCC2)nc(NCc2ccc(F)cc2)n1. The van der Waals surface area contributed by atoms with Crippen molar-refractivity contribution in [3.05, 3.63) is 53.1 Å². The molecule has 144 valence electrons. The second kappa shape index (κ2) is 9.38. The van der Waals surface area contributed by atoms with Gasteiger partial charge in [-0.2, -0.15) is 0 Å². The van der Waals surface area contributed by atoms with Crippen LogP contribution in [0.25, 0.3) is 0 Å². The summed E-state index contributed by atoms with van der Waals surface area (Å²) in [5.74, 6) is -0.127. The molecule has 2 N–H and O–H groups in total. The average Bonchev–Trinajstić information content (AvgIpc) is 2.68. The molecule has 2 heterocycles. The van der Waals surface area contributed by atoms with Crippen LogP contribution in [0.3, 0.4) is 0 Å². The Bertz CT molecular complexity index is 763. The molecule has 2 aromatic rings. The lowest BCUT2D eigenvalue weighted by Crippen LogP contribution is -2.41. The summed E-state index contributed by atoms with van der Waals surface area (Å²) in [4.78, 5) is 23.2. The Balaban J connectivity index is 1.53. The fourth-order valence-corrected chi connectivity index (χ4v) is 2.79. The number of hydrogen-bond donors (Lipinski definition) is 2. The van der Waals surface area contributed by atoms with Gasteiger partial charge in [-0.05, 0) is 30.7 Å². The first-order valence-corrected chi connectivity index (χ1v) is 9.02. The molecule has 7 nitrogen and oxygen atoms in total. The summed E-state index contributed by atoms with van der Waals surface area (Å²) < 4.78 is 18.3. The monoisotopic (exact) mass is 373 g/mol. The molecule has 1 saturated heterocycles. The Kier molecular flexibility index (Phi) is 6.67. The van der Waals surface area contributed by atoms with Gasteiger partial charge in [-0.25, -0.2) is 14.4 Å². The van der Waals surface area contributed by atoms with E-state index in [0.717, 1.165) is 38.4 Å². The van der Waals surface area contributed by atoms with Gasteiger partial charge in [0.25, 0.3) is 5.91 Å². The number of anilines is 1. The maximum Gasteiger partial charge on any atom is 0.270 e. The van der Waals surface area contributed by atoms with Crippen molar-refractivity contribution < 1.29 is 13.9 Å². The Morgan fingerprint density at radius 3 is 2.70 bits per heavy atom. The number of amides is 1. The highest BCUT2D eigenvalue weighted by molar-refractivity contribution is 5.92. The number of nitrogens with zero attached hydrogens (tertiary/aromatic N) is 3. The fraction of sp³-hybridized carbons (Fsp3) is 0.421. The molecule has 0 spiro atoms. The molecule has 8 heteroatoms. The van der Waals surface area contributed by atoms with Gasteiger partial charge in [0.1, 0.15) is 11.5 Å². The minimum atomic E-state index is -0.276. The number of nitrogens with one attached hydrogen (secondary N) is 2. The lowest BCUT2D eigenvalue weighted by molar-refractivity contribution is 0.0383. The standard InChI is InChI=1S/C19H24FN5O2/c1-14-12-17(18(26)21-6-7-25-8-10-27-11-9-25)24-19(23-14)22-13-15-2-4-16(20)5-3-15/h2-5,12H,6-11,13H2,1H3,(H,21,26)(H,22,23,24). The van der Waals surface area contributed by atoms with Crippen molar-refractivity contribution in [3.8, 4) is 0 Å². The molecule has 3 rings (SSSR count). The molecule has 0 saturated carbocycles. The van der Waals surface area contributed by atoms with E-state index in [1.54, 1.807) is 18.2 Å². The van der Waals surface area contributed by atoms with Crippen LogP contribution in [0.15, 0.2) is 30.3 Å². The predicted molar refractivity (Wildman–Crippen MR) is 100 cm³/mol. The molecule has 0 atom stereocenters. The van der Waals surface area contributed by atoms with Crippen LogP contribution in [-0.4, -0.2) is 60.2 Å². The summed E-state index contributed by atoms with van der Waals surface area (Å²) in [7, 11) is 0. The van der Waals surface area contributed by atoms with Crippen LogP contribution in [0.4, 0.5) is 10.3 Å². The zero-order valence-electron chi connectivity index (χ0n) is 15.4. The largest absolute Gasteiger partial charge is 0.379 e. The number of morpholine rings is 1. The van der Waals surface area contributed by atoms with E-state index in [1.807, 2.05) is 6.92 Å². The summed E-state index contributed by atoms with van der Waals surface area (Å²) >= 11 is 0. The van der Waals surface area contributed by atoms with Gasteiger partial charge in [-0.15, -0.1) is 0 Å². The average molecular weight is 373 g/mol. The fourth-order valence-electron chi connectivity index (χ4n) is 2.79. The Morgan fingerprint density at radius 2 is 1.96 bits per heavy atom. The van der Waals surface area contributed by atoms with Crippen LogP contribution >= 0.6 is 0 Å². The van der Waals surface area contributed by atoms with E-state index in [2.05, 4.69) is 25.5 Å². The van der Waals surface area contributed by atoms with Gasteiger partial charge in [0.2, 0.25) is 5.95 Å². The zero-order valence-corrected chi connectivity index (χ0v) is 15.4. The quantitative estimate of drug-likeness (QED) is 0.768. The predicted octanol–water partition coefficient (Wildman–Crippen LogP) is 1.60. The number of hydrogen-bond acceptors (Lipinski definition) is 6. The summed E-state index contributed by atoms with van der Waals surface area (Å²) in [5.41, 5.74) is 1.93. The van der Waals surface area contributed by atoms with Crippen molar-refractivity contribution in [1.82, 2.24) is 20.2 Å². The number of benzene rings is 1. The third-order valence-corrected chi connectivity index (χ3v) is 4.27. The molecule has 1 amide bonds. The summed E-state index contributed by atoms with van der Waals surface area (Å²) in [6.45, 7) is 6.86. The van der Waals surface area contributed by atoms with E-state index in [-0.39, 0.29) is 11.7 Å². The molecule has 0 bridgehead atoms. The smallest absolute Gasteiger partial charge is 0.270 e. The van der Waals surface area contributed by atoms with Crippen molar-refractivity contribution in [2.75, 3.05) is 44.7 Å². The van der Waals surface area contributed by atoms with Crippen molar-refractivity contribution in [1.29, 1.82) is 0 Å². The minimum absolute atomic E-state index is 0.224. The number of halogens is 1.